The van der Waals surface area contributed by atoms with Gasteiger partial charge in [0.25, 0.3) is 5.91 Å². The van der Waals surface area contributed by atoms with Crippen LogP contribution in [0.5, 0.6) is 0 Å². The van der Waals surface area contributed by atoms with Crippen LogP contribution in [0, 0.1) is 11.6 Å². The summed E-state index contributed by atoms with van der Waals surface area (Å²) in [5, 5.41) is 10.7. The molecule has 1 aromatic rings. The van der Waals surface area contributed by atoms with Gasteiger partial charge in [-0.3, -0.25) is 19.7 Å². The average Bonchev–Trinajstić information content (AvgIpc) is 3.23. The Morgan fingerprint density at radius 3 is 2.77 bits per heavy atom. The lowest BCUT2D eigenvalue weighted by Crippen LogP contribution is -2.70. The number of halogens is 2. The molecule has 4 unspecified atom stereocenters. The Labute approximate surface area is 175 Å². The van der Waals surface area contributed by atoms with Gasteiger partial charge in [-0.25, -0.2) is 8.78 Å². The van der Waals surface area contributed by atoms with Crippen LogP contribution in [0.2, 0.25) is 0 Å². The Hall–Kier alpha value is -2.28. The molecular formula is C18H23F2N5O4S. The first-order valence-electron chi connectivity index (χ1n) is 9.41. The summed E-state index contributed by atoms with van der Waals surface area (Å²) in [5.74, 6) is -3.70. The highest BCUT2D eigenvalue weighted by atomic mass is 32.2. The fourth-order valence-electron chi connectivity index (χ4n) is 3.04. The summed E-state index contributed by atoms with van der Waals surface area (Å²) in [6.45, 7) is 1.15. The quantitative estimate of drug-likeness (QED) is 0.379. The molecule has 0 radical (unpaired) electrons. The predicted molar refractivity (Wildman–Crippen MR) is 105 cm³/mol. The first-order chi connectivity index (χ1) is 14.3. The van der Waals surface area contributed by atoms with Gasteiger partial charge >= 0.3 is 0 Å². The molecule has 0 saturated carbocycles. The zero-order valence-electron chi connectivity index (χ0n) is 16.0. The molecule has 2 aliphatic rings. The first-order valence-corrected chi connectivity index (χ1v) is 10.5. The summed E-state index contributed by atoms with van der Waals surface area (Å²) in [5.41, 5.74) is 5.16. The molecule has 0 aliphatic carbocycles. The third-order valence-electron chi connectivity index (χ3n) is 4.66. The number of carbonyl (C=O) groups excluding carboxylic acids is 3. The number of benzene rings is 1. The summed E-state index contributed by atoms with van der Waals surface area (Å²) in [4.78, 5) is 36.5. The second kappa shape index (κ2) is 10.2. The number of nitrogens with one attached hydrogen (secondary N) is 4. The monoisotopic (exact) mass is 443 g/mol. The molecule has 9 nitrogen and oxygen atoms in total. The molecule has 0 spiro atoms. The van der Waals surface area contributed by atoms with Crippen LogP contribution in [0.3, 0.4) is 0 Å². The molecule has 12 heteroatoms. The second-order valence-electron chi connectivity index (χ2n) is 6.91. The van der Waals surface area contributed by atoms with Crippen molar-refractivity contribution in [3.63, 3.8) is 0 Å². The van der Waals surface area contributed by atoms with Crippen LogP contribution in [0.25, 0.3) is 0 Å². The first kappa shape index (κ1) is 22.4. The van der Waals surface area contributed by atoms with E-state index < -0.39 is 41.2 Å². The molecule has 1 aromatic carbocycles. The average molecular weight is 443 g/mol. The third-order valence-corrected chi connectivity index (χ3v) is 5.68. The number of ether oxygens (including phenoxy) is 1. The van der Waals surface area contributed by atoms with Crippen LogP contribution in [0.15, 0.2) is 18.2 Å². The molecule has 6 N–H and O–H groups in total. The minimum Gasteiger partial charge on any atom is -0.376 e. The van der Waals surface area contributed by atoms with Crippen molar-refractivity contribution >= 4 is 29.5 Å². The molecule has 3 rings (SSSR count). The van der Waals surface area contributed by atoms with Gasteiger partial charge < -0.3 is 26.4 Å². The van der Waals surface area contributed by atoms with Crippen LogP contribution < -0.4 is 27.0 Å². The van der Waals surface area contributed by atoms with Crippen molar-refractivity contribution in [3.8, 4) is 0 Å². The van der Waals surface area contributed by atoms with Crippen LogP contribution in [-0.4, -0.2) is 60.4 Å². The largest absolute Gasteiger partial charge is 0.376 e. The van der Waals surface area contributed by atoms with E-state index in [9.17, 15) is 23.2 Å². The van der Waals surface area contributed by atoms with Crippen molar-refractivity contribution in [2.75, 3.05) is 18.9 Å². The van der Waals surface area contributed by atoms with Crippen molar-refractivity contribution in [2.45, 2.75) is 36.7 Å². The third kappa shape index (κ3) is 5.88. The molecule has 164 valence electrons. The van der Waals surface area contributed by atoms with E-state index >= 15 is 0 Å². The SMILES string of the molecule is NC1NC(SCC(=O)NCC2CCCO2)NC(=O)C1NC(=O)c1ccc(F)c(F)c1. The van der Waals surface area contributed by atoms with E-state index in [1.54, 1.807) is 0 Å². The lowest BCUT2D eigenvalue weighted by molar-refractivity contribution is -0.126. The summed E-state index contributed by atoms with van der Waals surface area (Å²) in [6.07, 6.45) is 0.999. The van der Waals surface area contributed by atoms with Gasteiger partial charge in [0.05, 0.1) is 18.0 Å². The number of rotatable bonds is 7. The lowest BCUT2D eigenvalue weighted by atomic mass is 10.1. The Kier molecular flexibility index (Phi) is 7.58. The standard InChI is InChI=1S/C18H23F2N5O4S/c19-11-4-3-9(6-12(11)20)16(27)23-14-15(21)24-18(25-17(14)28)30-8-13(26)22-7-10-2-1-5-29-10/h3-4,6,10,14-15,18,24H,1-2,5,7-8,21H2,(H,22,26)(H,23,27)(H,25,28). The molecule has 0 aromatic heterocycles. The molecular weight excluding hydrogens is 420 g/mol. The number of hydrogen-bond acceptors (Lipinski definition) is 7. The van der Waals surface area contributed by atoms with Crippen molar-refractivity contribution < 1.29 is 27.9 Å². The normalized spacial score (nSPS) is 26.2. The van der Waals surface area contributed by atoms with E-state index in [0.717, 1.165) is 42.8 Å². The van der Waals surface area contributed by atoms with E-state index in [2.05, 4.69) is 21.3 Å². The topological polar surface area (TPSA) is 135 Å². The van der Waals surface area contributed by atoms with E-state index in [1.807, 2.05) is 0 Å². The molecule has 30 heavy (non-hydrogen) atoms. The van der Waals surface area contributed by atoms with Gasteiger partial charge in [0.1, 0.15) is 11.5 Å². The number of nitrogens with two attached hydrogens (primary N) is 1. The van der Waals surface area contributed by atoms with Crippen molar-refractivity contribution in [1.29, 1.82) is 0 Å². The van der Waals surface area contributed by atoms with Gasteiger partial charge in [0.15, 0.2) is 11.6 Å². The molecule has 4 atom stereocenters. The van der Waals surface area contributed by atoms with Crippen LogP contribution in [-0.2, 0) is 14.3 Å². The Bertz CT molecular complexity index is 809. The maximum Gasteiger partial charge on any atom is 0.252 e. The zero-order chi connectivity index (χ0) is 21.7. The highest BCUT2D eigenvalue weighted by Gasteiger charge is 2.35. The summed E-state index contributed by atoms with van der Waals surface area (Å²) in [6, 6.07) is 1.52. The fraction of sp³-hybridized carbons (Fsp3) is 0.500. The Morgan fingerprint density at radius 1 is 1.30 bits per heavy atom. The molecule has 2 heterocycles. The highest BCUT2D eigenvalue weighted by molar-refractivity contribution is 8.00. The molecule has 2 aliphatic heterocycles. The Morgan fingerprint density at radius 2 is 2.10 bits per heavy atom. The zero-order valence-corrected chi connectivity index (χ0v) is 16.8. The van der Waals surface area contributed by atoms with Gasteiger partial charge in [-0.15, -0.1) is 11.8 Å². The minimum absolute atomic E-state index is 0.0406. The molecule has 3 amide bonds. The highest BCUT2D eigenvalue weighted by Crippen LogP contribution is 2.13. The van der Waals surface area contributed by atoms with Gasteiger partial charge in [-0.1, -0.05) is 0 Å². The number of carbonyl (C=O) groups is 3. The summed E-state index contributed by atoms with van der Waals surface area (Å²) < 4.78 is 31.7. The maximum atomic E-state index is 13.3. The maximum absolute atomic E-state index is 13.3. The number of hydrogen-bond donors (Lipinski definition) is 5. The summed E-state index contributed by atoms with van der Waals surface area (Å²) in [7, 11) is 0. The molecule has 2 saturated heterocycles. The molecule has 0 bridgehead atoms. The fourth-order valence-corrected chi connectivity index (χ4v) is 3.92. The van der Waals surface area contributed by atoms with E-state index in [1.165, 1.54) is 0 Å². The lowest BCUT2D eigenvalue weighted by Gasteiger charge is -2.35. The van der Waals surface area contributed by atoms with Gasteiger partial charge in [-0.2, -0.15) is 0 Å². The van der Waals surface area contributed by atoms with E-state index in [-0.39, 0.29) is 23.3 Å². The van der Waals surface area contributed by atoms with Crippen LogP contribution in [0.4, 0.5) is 8.78 Å². The van der Waals surface area contributed by atoms with Gasteiger partial charge in [0.2, 0.25) is 11.8 Å². The van der Waals surface area contributed by atoms with E-state index in [4.69, 9.17) is 10.5 Å². The van der Waals surface area contributed by atoms with Gasteiger partial charge in [-0.05, 0) is 31.0 Å². The predicted octanol–water partition coefficient (Wildman–Crippen LogP) is -0.621. The molecule has 2 fully saturated rings. The van der Waals surface area contributed by atoms with Crippen molar-refractivity contribution in [2.24, 2.45) is 5.73 Å². The number of amides is 3. The summed E-state index contributed by atoms with van der Waals surface area (Å²) >= 11 is 1.14. The smallest absolute Gasteiger partial charge is 0.252 e. The van der Waals surface area contributed by atoms with E-state index in [0.29, 0.717) is 13.2 Å². The van der Waals surface area contributed by atoms with Crippen molar-refractivity contribution in [1.82, 2.24) is 21.3 Å². The second-order valence-corrected chi connectivity index (χ2v) is 8.00. The number of thioether (sulfide) groups is 1. The van der Waals surface area contributed by atoms with Crippen LogP contribution in [0.1, 0.15) is 23.2 Å². The van der Waals surface area contributed by atoms with Gasteiger partial charge in [0, 0.05) is 18.7 Å². The van der Waals surface area contributed by atoms with Crippen molar-refractivity contribution in [3.05, 3.63) is 35.4 Å². The Balaban J connectivity index is 1.45. The van der Waals surface area contributed by atoms with Crippen LogP contribution >= 0.6 is 11.8 Å². The minimum atomic E-state index is -1.17.